The lowest BCUT2D eigenvalue weighted by molar-refractivity contribution is -0.125. The number of aromatic hydroxyl groups is 1. The number of amides is 1. The SMILES string of the molecule is C=N/C(=C\C=C(/C)N1CC(=O)NC(CO)C1)c1c(C)cc(C)cc1O. The maximum atomic E-state index is 11.7. The third-order valence-corrected chi connectivity index (χ3v) is 4.23. The fraction of sp³-hybridized carbons (Fsp3) is 0.368. The third kappa shape index (κ3) is 4.48. The molecule has 1 heterocycles. The van der Waals surface area contributed by atoms with E-state index in [1.165, 1.54) is 0 Å². The maximum Gasteiger partial charge on any atom is 0.239 e. The van der Waals surface area contributed by atoms with Gasteiger partial charge in [0.15, 0.2) is 0 Å². The number of aryl methyl sites for hydroxylation is 2. The maximum absolute atomic E-state index is 11.7. The number of phenolic OH excluding ortho intramolecular Hbond substituents is 1. The lowest BCUT2D eigenvalue weighted by Gasteiger charge is -2.34. The van der Waals surface area contributed by atoms with Crippen molar-refractivity contribution in [3.63, 3.8) is 0 Å². The van der Waals surface area contributed by atoms with Crippen molar-refractivity contribution in [2.75, 3.05) is 19.7 Å². The molecule has 1 atom stereocenters. The van der Waals surface area contributed by atoms with Gasteiger partial charge in [-0.2, -0.15) is 0 Å². The lowest BCUT2D eigenvalue weighted by atomic mass is 10.0. The van der Waals surface area contributed by atoms with Crippen molar-refractivity contribution in [3.8, 4) is 5.75 Å². The average molecular weight is 343 g/mol. The van der Waals surface area contributed by atoms with Crippen LogP contribution in [0.2, 0.25) is 0 Å². The second-order valence-corrected chi connectivity index (χ2v) is 6.32. The zero-order valence-corrected chi connectivity index (χ0v) is 14.9. The Morgan fingerprint density at radius 3 is 2.76 bits per heavy atom. The summed E-state index contributed by atoms with van der Waals surface area (Å²) in [5.41, 5.74) is 3.98. The van der Waals surface area contributed by atoms with Crippen LogP contribution in [0.5, 0.6) is 5.75 Å². The van der Waals surface area contributed by atoms with E-state index >= 15 is 0 Å². The van der Waals surface area contributed by atoms with Gasteiger partial charge in [0.05, 0.1) is 24.9 Å². The van der Waals surface area contributed by atoms with E-state index < -0.39 is 0 Å². The molecule has 1 aromatic carbocycles. The molecule has 1 aliphatic heterocycles. The Bertz CT molecular complexity index is 714. The molecule has 3 N–H and O–H groups in total. The number of piperazine rings is 1. The van der Waals surface area contributed by atoms with Crippen LogP contribution in [0.25, 0.3) is 5.70 Å². The average Bonchev–Trinajstić information content (AvgIpc) is 2.55. The zero-order valence-electron chi connectivity index (χ0n) is 14.9. The summed E-state index contributed by atoms with van der Waals surface area (Å²) in [6, 6.07) is 3.40. The van der Waals surface area contributed by atoms with Crippen LogP contribution in [0.1, 0.15) is 23.6 Å². The van der Waals surface area contributed by atoms with Crippen LogP contribution in [-0.2, 0) is 4.79 Å². The first-order chi connectivity index (χ1) is 11.8. The molecule has 0 radical (unpaired) electrons. The van der Waals surface area contributed by atoms with Gasteiger partial charge in [-0.15, -0.1) is 0 Å². The second kappa shape index (κ2) is 7.98. The molecule has 2 rings (SSSR count). The van der Waals surface area contributed by atoms with E-state index in [9.17, 15) is 15.0 Å². The number of nitrogens with zero attached hydrogens (tertiary/aromatic N) is 2. The van der Waals surface area contributed by atoms with Gasteiger partial charge in [0.25, 0.3) is 0 Å². The van der Waals surface area contributed by atoms with Crippen LogP contribution in [-0.4, -0.2) is 53.5 Å². The van der Waals surface area contributed by atoms with Crippen molar-refractivity contribution < 1.29 is 15.0 Å². The summed E-state index contributed by atoms with van der Waals surface area (Å²) in [4.78, 5) is 17.7. The van der Waals surface area contributed by atoms with E-state index in [0.717, 1.165) is 16.8 Å². The molecule has 0 bridgehead atoms. The molecule has 1 saturated heterocycles. The number of carbonyl (C=O) groups is 1. The number of allylic oxidation sites excluding steroid dienone is 3. The van der Waals surface area contributed by atoms with Gasteiger partial charge in [-0.25, -0.2) is 0 Å². The molecular weight excluding hydrogens is 318 g/mol. The van der Waals surface area contributed by atoms with E-state index in [0.29, 0.717) is 17.8 Å². The van der Waals surface area contributed by atoms with Gasteiger partial charge >= 0.3 is 0 Å². The molecule has 1 fully saturated rings. The number of aliphatic imine (C=N–C) groups is 1. The Morgan fingerprint density at radius 1 is 1.44 bits per heavy atom. The molecule has 6 heteroatoms. The predicted molar refractivity (Wildman–Crippen MR) is 99.5 cm³/mol. The van der Waals surface area contributed by atoms with Crippen molar-refractivity contribution in [1.29, 1.82) is 0 Å². The Kier molecular flexibility index (Phi) is 5.98. The molecule has 6 nitrogen and oxygen atoms in total. The van der Waals surface area contributed by atoms with Crippen molar-refractivity contribution in [1.82, 2.24) is 10.2 Å². The van der Waals surface area contributed by atoms with Crippen molar-refractivity contribution in [2.45, 2.75) is 26.8 Å². The van der Waals surface area contributed by atoms with Gasteiger partial charge in [0, 0.05) is 17.8 Å². The molecule has 0 spiro atoms. The largest absolute Gasteiger partial charge is 0.507 e. The van der Waals surface area contributed by atoms with Gasteiger partial charge in [0.1, 0.15) is 5.75 Å². The molecule has 25 heavy (non-hydrogen) atoms. The number of rotatable bonds is 5. The van der Waals surface area contributed by atoms with Crippen LogP contribution >= 0.6 is 0 Å². The minimum Gasteiger partial charge on any atom is -0.507 e. The number of phenols is 1. The number of hydrogen-bond donors (Lipinski definition) is 3. The van der Waals surface area contributed by atoms with Crippen LogP contribution in [0.15, 0.2) is 35.0 Å². The second-order valence-electron chi connectivity index (χ2n) is 6.32. The highest BCUT2D eigenvalue weighted by molar-refractivity contribution is 5.79. The third-order valence-electron chi connectivity index (χ3n) is 4.23. The summed E-state index contributed by atoms with van der Waals surface area (Å²) >= 11 is 0. The fourth-order valence-corrected chi connectivity index (χ4v) is 2.99. The van der Waals surface area contributed by atoms with E-state index in [1.54, 1.807) is 12.1 Å². The Balaban J connectivity index is 2.29. The molecule has 0 aliphatic carbocycles. The number of aliphatic hydroxyl groups is 1. The number of hydrogen-bond acceptors (Lipinski definition) is 5. The van der Waals surface area contributed by atoms with Gasteiger partial charge in [0.2, 0.25) is 5.91 Å². The fourth-order valence-electron chi connectivity index (χ4n) is 2.99. The first kappa shape index (κ1) is 18.7. The molecule has 0 aromatic heterocycles. The monoisotopic (exact) mass is 343 g/mol. The minimum absolute atomic E-state index is 0.0960. The minimum atomic E-state index is -0.269. The molecule has 0 saturated carbocycles. The molecule has 1 aliphatic rings. The van der Waals surface area contributed by atoms with Gasteiger partial charge < -0.3 is 20.4 Å². The molecule has 134 valence electrons. The Morgan fingerprint density at radius 2 is 2.16 bits per heavy atom. The summed E-state index contributed by atoms with van der Waals surface area (Å²) in [6.07, 6.45) is 3.62. The summed E-state index contributed by atoms with van der Waals surface area (Å²) < 4.78 is 0. The van der Waals surface area contributed by atoms with Crippen LogP contribution in [0, 0.1) is 13.8 Å². The molecule has 1 unspecified atom stereocenters. The van der Waals surface area contributed by atoms with Crippen molar-refractivity contribution >= 4 is 18.3 Å². The van der Waals surface area contributed by atoms with E-state index in [1.807, 2.05) is 37.8 Å². The van der Waals surface area contributed by atoms with Gasteiger partial charge in [-0.3, -0.25) is 9.79 Å². The first-order valence-corrected chi connectivity index (χ1v) is 8.16. The number of benzene rings is 1. The van der Waals surface area contributed by atoms with Gasteiger partial charge in [-0.05, 0) is 56.8 Å². The highest BCUT2D eigenvalue weighted by Gasteiger charge is 2.23. The quantitative estimate of drug-likeness (QED) is 0.562. The summed E-state index contributed by atoms with van der Waals surface area (Å²) in [6.45, 7) is 10.0. The first-order valence-electron chi connectivity index (χ1n) is 8.16. The topological polar surface area (TPSA) is 85.2 Å². The smallest absolute Gasteiger partial charge is 0.239 e. The molecule has 1 aromatic rings. The Labute approximate surface area is 148 Å². The normalized spacial score (nSPS) is 19.0. The lowest BCUT2D eigenvalue weighted by Crippen LogP contribution is -2.54. The number of carbonyl (C=O) groups excluding carboxylic acids is 1. The van der Waals surface area contributed by atoms with Crippen LogP contribution in [0.4, 0.5) is 0 Å². The van der Waals surface area contributed by atoms with Crippen molar-refractivity contribution in [3.05, 3.63) is 46.7 Å². The molecule has 1 amide bonds. The number of nitrogens with one attached hydrogen (secondary N) is 1. The standard InChI is InChI=1S/C19H25N3O3/c1-12-7-13(2)19(17(24)8-12)16(20-4)6-5-14(3)22-9-15(11-23)21-18(25)10-22/h5-8,15,23-24H,4,9-11H2,1-3H3,(H,21,25)/b14-5+,16-6-. The zero-order chi connectivity index (χ0) is 18.6. The van der Waals surface area contributed by atoms with Crippen LogP contribution in [0.3, 0.4) is 0 Å². The van der Waals surface area contributed by atoms with E-state index in [2.05, 4.69) is 17.0 Å². The summed E-state index contributed by atoms with van der Waals surface area (Å²) in [5, 5.41) is 22.3. The van der Waals surface area contributed by atoms with E-state index in [-0.39, 0.29) is 30.9 Å². The number of aliphatic hydroxyl groups excluding tert-OH is 1. The molecular formula is C19H25N3O3. The van der Waals surface area contributed by atoms with E-state index in [4.69, 9.17) is 0 Å². The van der Waals surface area contributed by atoms with Gasteiger partial charge in [-0.1, -0.05) is 6.07 Å². The van der Waals surface area contributed by atoms with Crippen LogP contribution < -0.4 is 5.32 Å². The summed E-state index contributed by atoms with van der Waals surface area (Å²) in [5.74, 6) is 0.0519. The van der Waals surface area contributed by atoms with Crippen molar-refractivity contribution in [2.24, 2.45) is 4.99 Å². The highest BCUT2D eigenvalue weighted by Crippen LogP contribution is 2.30. The Hall–Kier alpha value is -2.60. The predicted octanol–water partition coefficient (Wildman–Crippen LogP) is 1.75. The highest BCUT2D eigenvalue weighted by atomic mass is 16.3. The summed E-state index contributed by atoms with van der Waals surface area (Å²) in [7, 11) is 0.